The first kappa shape index (κ1) is 12.0. The van der Waals surface area contributed by atoms with Crippen molar-refractivity contribution in [3.05, 3.63) is 23.1 Å². The van der Waals surface area contributed by atoms with Crippen LogP contribution in [-0.4, -0.2) is 24.9 Å². The fraction of sp³-hybridized carbons (Fsp3) is 0.273. The molecule has 0 spiro atoms. The van der Waals surface area contributed by atoms with Crippen LogP contribution in [0.3, 0.4) is 0 Å². The van der Waals surface area contributed by atoms with Crippen LogP contribution in [-0.2, 0) is 13.6 Å². The first-order valence-electron chi connectivity index (χ1n) is 5.67. The lowest BCUT2D eigenvalue weighted by atomic mass is 10.3. The van der Waals surface area contributed by atoms with E-state index in [1.54, 1.807) is 10.9 Å². The molecule has 0 aliphatic rings. The summed E-state index contributed by atoms with van der Waals surface area (Å²) in [5.41, 5.74) is 7.25. The number of thiazole rings is 1. The van der Waals surface area contributed by atoms with Gasteiger partial charge in [0.1, 0.15) is 9.88 Å². The zero-order valence-electron chi connectivity index (χ0n) is 10.5. The van der Waals surface area contributed by atoms with Gasteiger partial charge in [-0.3, -0.25) is 4.68 Å². The first-order valence-corrected chi connectivity index (χ1v) is 6.48. The minimum Gasteiger partial charge on any atom is -0.333 e. The number of nitrogens with zero attached hydrogens (tertiary/aromatic N) is 5. The van der Waals surface area contributed by atoms with Crippen LogP contribution in [0, 0.1) is 6.92 Å². The Morgan fingerprint density at radius 2 is 2.26 bits per heavy atom. The van der Waals surface area contributed by atoms with Gasteiger partial charge in [-0.25, -0.2) is 4.98 Å². The molecule has 98 valence electrons. The second kappa shape index (κ2) is 4.56. The number of hydrogen-bond acceptors (Lipinski definition) is 7. The lowest BCUT2D eigenvalue weighted by Crippen LogP contribution is -1.94. The second-order valence-corrected chi connectivity index (χ2v) is 5.14. The lowest BCUT2D eigenvalue weighted by Gasteiger charge is -1.87. The van der Waals surface area contributed by atoms with E-state index in [1.165, 1.54) is 11.3 Å². The highest BCUT2D eigenvalue weighted by Crippen LogP contribution is 2.29. The van der Waals surface area contributed by atoms with Crippen molar-refractivity contribution in [1.82, 2.24) is 24.9 Å². The van der Waals surface area contributed by atoms with E-state index in [9.17, 15) is 0 Å². The number of nitrogens with two attached hydrogens (primary N) is 1. The summed E-state index contributed by atoms with van der Waals surface area (Å²) < 4.78 is 6.97. The number of hydrogen-bond donors (Lipinski definition) is 1. The zero-order chi connectivity index (χ0) is 13.4. The summed E-state index contributed by atoms with van der Waals surface area (Å²) in [7, 11) is 1.84. The summed E-state index contributed by atoms with van der Waals surface area (Å²) in [5.74, 6) is 0.985. The molecule has 19 heavy (non-hydrogen) atoms. The fourth-order valence-electron chi connectivity index (χ4n) is 1.71. The van der Waals surface area contributed by atoms with Crippen molar-refractivity contribution in [3.63, 3.8) is 0 Å². The van der Waals surface area contributed by atoms with E-state index in [-0.39, 0.29) is 0 Å². The molecule has 3 heterocycles. The predicted octanol–water partition coefficient (Wildman–Crippen LogP) is 1.36. The Hall–Kier alpha value is -2.06. The molecule has 0 aromatic carbocycles. The molecule has 7 nitrogen and oxygen atoms in total. The number of aryl methyl sites for hydroxylation is 2. The third kappa shape index (κ3) is 2.15. The normalized spacial score (nSPS) is 11.1. The lowest BCUT2D eigenvalue weighted by molar-refractivity contribution is 0.433. The van der Waals surface area contributed by atoms with E-state index >= 15 is 0 Å². The van der Waals surface area contributed by atoms with E-state index < -0.39 is 0 Å². The van der Waals surface area contributed by atoms with Crippen LogP contribution in [0.25, 0.3) is 22.2 Å². The average Bonchev–Trinajstić information content (AvgIpc) is 3.07. The van der Waals surface area contributed by atoms with Gasteiger partial charge in [0.15, 0.2) is 0 Å². The van der Waals surface area contributed by atoms with Crippen LogP contribution in [0.2, 0.25) is 0 Å². The van der Waals surface area contributed by atoms with Gasteiger partial charge < -0.3 is 10.3 Å². The largest absolute Gasteiger partial charge is 0.333 e. The van der Waals surface area contributed by atoms with Gasteiger partial charge in [-0.1, -0.05) is 5.16 Å². The van der Waals surface area contributed by atoms with Crippen molar-refractivity contribution in [3.8, 4) is 22.2 Å². The van der Waals surface area contributed by atoms with Crippen molar-refractivity contribution in [2.24, 2.45) is 12.8 Å². The van der Waals surface area contributed by atoms with Crippen LogP contribution in [0.5, 0.6) is 0 Å². The maximum atomic E-state index is 5.58. The molecule has 0 saturated carbocycles. The number of aromatic nitrogens is 5. The van der Waals surface area contributed by atoms with Crippen molar-refractivity contribution in [2.45, 2.75) is 13.5 Å². The molecule has 0 aliphatic heterocycles. The molecule has 0 atom stereocenters. The molecule has 3 aromatic heterocycles. The Bertz CT molecular complexity index is 712. The van der Waals surface area contributed by atoms with E-state index in [2.05, 4.69) is 20.2 Å². The van der Waals surface area contributed by atoms with Crippen molar-refractivity contribution >= 4 is 11.3 Å². The molecule has 0 saturated heterocycles. The van der Waals surface area contributed by atoms with Crippen molar-refractivity contribution < 1.29 is 4.52 Å². The average molecular weight is 276 g/mol. The molecule has 0 aliphatic carbocycles. The summed E-state index contributed by atoms with van der Waals surface area (Å²) in [6.07, 6.45) is 3.53. The van der Waals surface area contributed by atoms with Crippen molar-refractivity contribution in [2.75, 3.05) is 0 Å². The zero-order valence-corrected chi connectivity index (χ0v) is 11.3. The Balaban J connectivity index is 1.98. The van der Waals surface area contributed by atoms with Crippen LogP contribution < -0.4 is 5.73 Å². The van der Waals surface area contributed by atoms with Gasteiger partial charge in [0.2, 0.25) is 5.82 Å². The molecule has 0 bridgehead atoms. The molecule has 3 aromatic rings. The Morgan fingerprint density at radius 3 is 2.89 bits per heavy atom. The smallest absolute Gasteiger partial charge is 0.270 e. The Labute approximate surface area is 113 Å². The highest BCUT2D eigenvalue weighted by atomic mass is 32.1. The van der Waals surface area contributed by atoms with E-state index in [0.29, 0.717) is 18.3 Å². The molecule has 0 unspecified atom stereocenters. The highest BCUT2D eigenvalue weighted by molar-refractivity contribution is 7.15. The summed E-state index contributed by atoms with van der Waals surface area (Å²) >= 11 is 1.47. The first-order chi connectivity index (χ1) is 9.17. The molecule has 0 radical (unpaired) electrons. The molecule has 0 amide bonds. The predicted molar refractivity (Wildman–Crippen MR) is 70.2 cm³/mol. The quantitative estimate of drug-likeness (QED) is 0.776. The molecule has 3 rings (SSSR count). The molecular formula is C11H12N6OS. The Morgan fingerprint density at radius 1 is 1.42 bits per heavy atom. The third-order valence-electron chi connectivity index (χ3n) is 2.60. The van der Waals surface area contributed by atoms with Crippen LogP contribution >= 0.6 is 11.3 Å². The molecule has 2 N–H and O–H groups in total. The maximum absolute atomic E-state index is 5.58. The monoisotopic (exact) mass is 276 g/mol. The topological polar surface area (TPSA) is 95.7 Å². The van der Waals surface area contributed by atoms with E-state index in [4.69, 9.17) is 10.3 Å². The Kier molecular flexibility index (Phi) is 2.88. The van der Waals surface area contributed by atoms with Gasteiger partial charge in [-0.15, -0.1) is 11.3 Å². The van der Waals surface area contributed by atoms with Gasteiger partial charge in [-0.2, -0.15) is 10.1 Å². The summed E-state index contributed by atoms with van der Waals surface area (Å²) in [4.78, 5) is 9.58. The molecule has 0 fully saturated rings. The summed E-state index contributed by atoms with van der Waals surface area (Å²) in [5, 5.41) is 8.89. The fourth-order valence-corrected chi connectivity index (χ4v) is 2.57. The molecule has 8 heteroatoms. The van der Waals surface area contributed by atoms with E-state index in [1.807, 2.05) is 20.2 Å². The minimum atomic E-state index is 0.412. The van der Waals surface area contributed by atoms with Gasteiger partial charge >= 0.3 is 0 Å². The van der Waals surface area contributed by atoms with Gasteiger partial charge in [0.25, 0.3) is 5.89 Å². The third-order valence-corrected chi connectivity index (χ3v) is 3.77. The van der Waals surface area contributed by atoms with E-state index in [0.717, 1.165) is 21.1 Å². The van der Waals surface area contributed by atoms with Crippen LogP contribution in [0.4, 0.5) is 0 Å². The maximum Gasteiger partial charge on any atom is 0.270 e. The summed E-state index contributed by atoms with van der Waals surface area (Å²) in [6.45, 7) is 2.31. The van der Waals surface area contributed by atoms with Gasteiger partial charge in [-0.05, 0) is 6.92 Å². The number of rotatable bonds is 3. The minimum absolute atomic E-state index is 0.412. The SMILES string of the molecule is Cc1nc(CN)sc1-c1nc(-c2cnn(C)c2)no1. The van der Waals surface area contributed by atoms with Crippen molar-refractivity contribution in [1.29, 1.82) is 0 Å². The van der Waals surface area contributed by atoms with Crippen LogP contribution in [0.1, 0.15) is 10.7 Å². The van der Waals surface area contributed by atoms with Gasteiger partial charge in [0.05, 0.1) is 17.5 Å². The second-order valence-electron chi connectivity index (χ2n) is 4.05. The highest BCUT2D eigenvalue weighted by Gasteiger charge is 2.17. The standard InChI is InChI=1S/C11H12N6OS/c1-6-9(19-8(3-12)14-6)11-15-10(16-18-11)7-4-13-17(2)5-7/h4-5H,3,12H2,1-2H3. The summed E-state index contributed by atoms with van der Waals surface area (Å²) in [6, 6.07) is 0. The van der Waals surface area contributed by atoms with Gasteiger partial charge in [0, 0.05) is 19.8 Å². The van der Waals surface area contributed by atoms with Crippen LogP contribution in [0.15, 0.2) is 16.9 Å². The molecular weight excluding hydrogens is 264 g/mol.